The van der Waals surface area contributed by atoms with Crippen LogP contribution in [0.1, 0.15) is 27.2 Å². The summed E-state index contributed by atoms with van der Waals surface area (Å²) in [7, 11) is 0. The van der Waals surface area contributed by atoms with Crippen molar-refractivity contribution < 1.29 is 23.9 Å². The second-order valence-corrected chi connectivity index (χ2v) is 7.01. The summed E-state index contributed by atoms with van der Waals surface area (Å²) in [4.78, 5) is 35.6. The smallest absolute Gasteiger partial charge is 0.408 e. The minimum Gasteiger partial charge on any atom is -0.478 e. The van der Waals surface area contributed by atoms with Crippen LogP contribution in [0.5, 0.6) is 5.75 Å². The van der Waals surface area contributed by atoms with Crippen molar-refractivity contribution in [3.8, 4) is 5.75 Å². The van der Waals surface area contributed by atoms with Gasteiger partial charge in [0, 0.05) is 11.4 Å². The van der Waals surface area contributed by atoms with Crippen LogP contribution >= 0.6 is 11.6 Å². The number of alkyl carbamates (subject to hydrolysis) is 1. The van der Waals surface area contributed by atoms with Crippen LogP contribution in [-0.2, 0) is 14.3 Å². The summed E-state index contributed by atoms with van der Waals surface area (Å²) < 4.78 is 10.7. The van der Waals surface area contributed by atoms with Gasteiger partial charge >= 0.3 is 6.09 Å². The average Bonchev–Trinajstić information content (AvgIpc) is 2.45. The Balaban J connectivity index is 2.07. The molecule has 0 radical (unpaired) electrons. The van der Waals surface area contributed by atoms with Gasteiger partial charge in [-0.2, -0.15) is 0 Å². The van der Waals surface area contributed by atoms with E-state index in [4.69, 9.17) is 26.8 Å². The molecule has 4 N–H and O–H groups in total. The zero-order chi connectivity index (χ0) is 18.8. The largest absolute Gasteiger partial charge is 0.478 e. The van der Waals surface area contributed by atoms with Gasteiger partial charge in [-0.3, -0.25) is 9.59 Å². The molecular weight excluding hydrogens is 350 g/mol. The Hall–Kier alpha value is -2.48. The second kappa shape index (κ2) is 7.18. The van der Waals surface area contributed by atoms with Gasteiger partial charge in [-0.05, 0) is 39.0 Å². The predicted octanol–water partition coefficient (Wildman–Crippen LogP) is 1.81. The van der Waals surface area contributed by atoms with Gasteiger partial charge in [0.1, 0.15) is 17.4 Å². The van der Waals surface area contributed by atoms with Crippen LogP contribution in [0.4, 0.5) is 10.5 Å². The maximum atomic E-state index is 12.2. The fourth-order valence-electron chi connectivity index (χ4n) is 2.19. The number of nitrogens with one attached hydrogen (secondary N) is 2. The first-order valence-corrected chi connectivity index (χ1v) is 7.99. The van der Waals surface area contributed by atoms with Gasteiger partial charge in [0.15, 0.2) is 6.10 Å². The van der Waals surface area contributed by atoms with Crippen molar-refractivity contribution in [2.75, 3.05) is 5.32 Å². The van der Waals surface area contributed by atoms with Gasteiger partial charge in [0.05, 0.1) is 5.69 Å². The number of amides is 3. The monoisotopic (exact) mass is 369 g/mol. The Bertz CT molecular complexity index is 702. The molecule has 0 aromatic heterocycles. The lowest BCUT2D eigenvalue weighted by Gasteiger charge is -2.28. The molecule has 2 rings (SSSR count). The first kappa shape index (κ1) is 18.9. The van der Waals surface area contributed by atoms with Crippen molar-refractivity contribution in [1.29, 1.82) is 0 Å². The van der Waals surface area contributed by atoms with Crippen LogP contribution in [0.25, 0.3) is 0 Å². The first-order valence-electron chi connectivity index (χ1n) is 7.61. The van der Waals surface area contributed by atoms with Crippen molar-refractivity contribution >= 4 is 35.2 Å². The van der Waals surface area contributed by atoms with Crippen molar-refractivity contribution in [1.82, 2.24) is 5.32 Å². The number of ether oxygens (including phenoxy) is 2. The summed E-state index contributed by atoms with van der Waals surface area (Å²) in [5.41, 5.74) is 5.01. The Labute approximate surface area is 150 Å². The molecule has 0 unspecified atom stereocenters. The number of carbonyl (C=O) groups is 3. The molecule has 136 valence electrons. The number of hydrogen-bond donors (Lipinski definition) is 3. The van der Waals surface area contributed by atoms with E-state index in [1.54, 1.807) is 39.0 Å². The van der Waals surface area contributed by atoms with Gasteiger partial charge < -0.3 is 25.8 Å². The second-order valence-electron chi connectivity index (χ2n) is 6.57. The minimum absolute atomic E-state index is 0.136. The standard InChI is InChI=1S/C16H20ClN3O5/c1-16(2,3)25-15(23)20-10(13(18)21)7-12-14(22)19-9-6-8(17)4-5-11(9)24-12/h4-6,10,12H,7H2,1-3H3,(H2,18,21)(H,19,22)(H,20,23)/t10-,12-/m0/s1. The Morgan fingerprint density at radius 2 is 2.12 bits per heavy atom. The third kappa shape index (κ3) is 5.25. The fraction of sp³-hybridized carbons (Fsp3) is 0.438. The van der Waals surface area contributed by atoms with E-state index in [0.29, 0.717) is 16.5 Å². The highest BCUT2D eigenvalue weighted by atomic mass is 35.5. The van der Waals surface area contributed by atoms with Crippen LogP contribution in [-0.4, -0.2) is 35.7 Å². The van der Waals surface area contributed by atoms with Crippen molar-refractivity contribution in [3.63, 3.8) is 0 Å². The van der Waals surface area contributed by atoms with E-state index in [1.165, 1.54) is 0 Å². The molecule has 0 bridgehead atoms. The lowest BCUT2D eigenvalue weighted by Crippen LogP contribution is -2.50. The number of rotatable bonds is 4. The normalized spacial score (nSPS) is 17.6. The van der Waals surface area contributed by atoms with Crippen LogP contribution < -0.4 is 21.1 Å². The van der Waals surface area contributed by atoms with Crippen LogP contribution in [0, 0.1) is 0 Å². The van der Waals surface area contributed by atoms with Gasteiger partial charge in [-0.15, -0.1) is 0 Å². The number of anilines is 1. The molecule has 0 aliphatic carbocycles. The molecule has 1 aliphatic heterocycles. The van der Waals surface area contributed by atoms with E-state index >= 15 is 0 Å². The van der Waals surface area contributed by atoms with Crippen molar-refractivity contribution in [2.24, 2.45) is 5.73 Å². The van der Waals surface area contributed by atoms with Crippen molar-refractivity contribution in [3.05, 3.63) is 23.2 Å². The number of primary amides is 1. The maximum Gasteiger partial charge on any atom is 0.408 e. The summed E-state index contributed by atoms with van der Waals surface area (Å²) in [6.07, 6.45) is -1.94. The molecule has 25 heavy (non-hydrogen) atoms. The quantitative estimate of drug-likeness (QED) is 0.747. The third-order valence-electron chi connectivity index (χ3n) is 3.25. The number of hydrogen-bond acceptors (Lipinski definition) is 5. The molecule has 0 fully saturated rings. The maximum absolute atomic E-state index is 12.2. The van der Waals surface area contributed by atoms with Crippen LogP contribution in [0.3, 0.4) is 0 Å². The van der Waals surface area contributed by atoms with Gasteiger partial charge in [0.2, 0.25) is 5.91 Å². The highest BCUT2D eigenvalue weighted by Gasteiger charge is 2.33. The Kier molecular flexibility index (Phi) is 5.42. The molecule has 0 saturated carbocycles. The van der Waals surface area contributed by atoms with E-state index in [2.05, 4.69) is 10.6 Å². The lowest BCUT2D eigenvalue weighted by atomic mass is 10.1. The summed E-state index contributed by atoms with van der Waals surface area (Å²) in [6.45, 7) is 5.06. The number of benzene rings is 1. The molecular formula is C16H20ClN3O5. The highest BCUT2D eigenvalue weighted by molar-refractivity contribution is 6.31. The third-order valence-corrected chi connectivity index (χ3v) is 3.48. The topological polar surface area (TPSA) is 120 Å². The number of fused-ring (bicyclic) bond motifs is 1. The molecule has 1 heterocycles. The van der Waals surface area contributed by atoms with E-state index in [-0.39, 0.29) is 6.42 Å². The Morgan fingerprint density at radius 1 is 1.44 bits per heavy atom. The van der Waals surface area contributed by atoms with E-state index in [0.717, 1.165) is 0 Å². The Morgan fingerprint density at radius 3 is 2.72 bits per heavy atom. The highest BCUT2D eigenvalue weighted by Crippen LogP contribution is 2.32. The summed E-state index contributed by atoms with van der Waals surface area (Å²) in [6, 6.07) is 3.64. The molecule has 0 spiro atoms. The fourth-order valence-corrected chi connectivity index (χ4v) is 2.36. The lowest BCUT2D eigenvalue weighted by molar-refractivity contribution is -0.125. The summed E-state index contributed by atoms with van der Waals surface area (Å²) >= 11 is 5.87. The molecule has 1 aromatic rings. The first-order chi connectivity index (χ1) is 11.5. The minimum atomic E-state index is -1.13. The average molecular weight is 370 g/mol. The molecule has 2 atom stereocenters. The molecule has 9 heteroatoms. The van der Waals surface area contributed by atoms with Crippen LogP contribution in [0.15, 0.2) is 18.2 Å². The molecule has 0 saturated heterocycles. The summed E-state index contributed by atoms with van der Waals surface area (Å²) in [5, 5.41) is 5.45. The zero-order valence-electron chi connectivity index (χ0n) is 14.1. The van der Waals surface area contributed by atoms with Crippen molar-refractivity contribution in [2.45, 2.75) is 44.9 Å². The molecule has 8 nitrogen and oxygen atoms in total. The number of halogens is 1. The molecule has 1 aliphatic rings. The predicted molar refractivity (Wildman–Crippen MR) is 91.5 cm³/mol. The van der Waals surface area contributed by atoms with Gasteiger partial charge in [-0.25, -0.2) is 4.79 Å². The number of carbonyl (C=O) groups excluding carboxylic acids is 3. The van der Waals surface area contributed by atoms with Gasteiger partial charge in [0.25, 0.3) is 5.91 Å². The van der Waals surface area contributed by atoms with Gasteiger partial charge in [-0.1, -0.05) is 11.6 Å². The SMILES string of the molecule is CC(C)(C)OC(=O)N[C@@H](C[C@@H]1Oc2ccc(Cl)cc2NC1=O)C(N)=O. The van der Waals surface area contributed by atoms with E-state index in [1.807, 2.05) is 0 Å². The van der Waals surface area contributed by atoms with E-state index in [9.17, 15) is 14.4 Å². The zero-order valence-corrected chi connectivity index (χ0v) is 14.8. The van der Waals surface area contributed by atoms with E-state index < -0.39 is 35.7 Å². The number of nitrogens with two attached hydrogens (primary N) is 1. The molecule has 1 aromatic carbocycles. The summed E-state index contributed by atoms with van der Waals surface area (Å²) in [5.74, 6) is -0.856. The van der Waals surface area contributed by atoms with Crippen LogP contribution in [0.2, 0.25) is 5.02 Å². The molecule has 3 amide bonds.